The number of carbonyl (C=O) groups is 1. The van der Waals surface area contributed by atoms with Crippen molar-refractivity contribution >= 4 is 5.91 Å². The van der Waals surface area contributed by atoms with Gasteiger partial charge in [-0.05, 0) is 31.2 Å². The zero-order chi connectivity index (χ0) is 15.1. The van der Waals surface area contributed by atoms with E-state index in [0.29, 0.717) is 23.7 Å². The second-order valence-electron chi connectivity index (χ2n) is 4.27. The van der Waals surface area contributed by atoms with Crippen molar-refractivity contribution in [3.63, 3.8) is 0 Å². The van der Waals surface area contributed by atoms with Gasteiger partial charge in [-0.3, -0.25) is 4.79 Å². The Hall–Kier alpha value is -2.65. The molecule has 1 aromatic carbocycles. The van der Waals surface area contributed by atoms with Crippen molar-refractivity contribution in [1.29, 1.82) is 0 Å². The van der Waals surface area contributed by atoms with Gasteiger partial charge in [-0.25, -0.2) is 0 Å². The lowest BCUT2D eigenvalue weighted by Crippen LogP contribution is -2.22. The van der Waals surface area contributed by atoms with Crippen molar-refractivity contribution in [2.45, 2.75) is 19.9 Å². The summed E-state index contributed by atoms with van der Waals surface area (Å²) in [6.45, 7) is 1.95. The van der Waals surface area contributed by atoms with E-state index in [1.54, 1.807) is 31.2 Å². The predicted molar refractivity (Wildman–Crippen MR) is 75.2 cm³/mol. The Morgan fingerprint density at radius 3 is 2.76 bits per heavy atom. The lowest BCUT2D eigenvalue weighted by atomic mass is 10.1. The molecule has 1 aromatic heterocycles. The molecule has 1 amide bonds. The van der Waals surface area contributed by atoms with Crippen LogP contribution < -0.4 is 5.32 Å². The fourth-order valence-electron chi connectivity index (χ4n) is 1.60. The highest BCUT2D eigenvalue weighted by molar-refractivity contribution is 5.94. The maximum atomic E-state index is 11.9. The molecule has 2 rings (SSSR count). The summed E-state index contributed by atoms with van der Waals surface area (Å²) in [7, 11) is 0. The second-order valence-corrected chi connectivity index (χ2v) is 4.27. The molecule has 6 nitrogen and oxygen atoms in total. The van der Waals surface area contributed by atoms with Crippen molar-refractivity contribution in [1.82, 2.24) is 15.5 Å². The van der Waals surface area contributed by atoms with Gasteiger partial charge in [0.2, 0.25) is 5.89 Å². The number of rotatable bonds is 4. The van der Waals surface area contributed by atoms with Crippen LogP contribution in [0.3, 0.4) is 0 Å². The predicted octanol–water partition coefficient (Wildman–Crippen LogP) is 1.04. The quantitative estimate of drug-likeness (QED) is 0.819. The Bertz CT molecular complexity index is 665. The molecule has 0 radical (unpaired) electrons. The van der Waals surface area contributed by atoms with E-state index in [2.05, 4.69) is 27.3 Å². The van der Waals surface area contributed by atoms with Gasteiger partial charge in [0, 0.05) is 17.5 Å². The van der Waals surface area contributed by atoms with Crippen molar-refractivity contribution < 1.29 is 14.4 Å². The first-order chi connectivity index (χ1) is 10.2. The molecule has 0 aliphatic rings. The molecule has 0 bridgehead atoms. The van der Waals surface area contributed by atoms with Crippen LogP contribution in [0.4, 0.5) is 0 Å². The highest BCUT2D eigenvalue weighted by atomic mass is 16.5. The number of benzene rings is 1. The van der Waals surface area contributed by atoms with E-state index in [9.17, 15) is 4.79 Å². The van der Waals surface area contributed by atoms with Gasteiger partial charge in [0.25, 0.3) is 5.91 Å². The van der Waals surface area contributed by atoms with Crippen LogP contribution >= 0.6 is 0 Å². The smallest absolute Gasteiger partial charge is 0.251 e. The SMILES string of the molecule is Cc1noc(CNC(=O)c2ccc(C#CCCO)cc2)n1. The van der Waals surface area contributed by atoms with Gasteiger partial charge in [-0.2, -0.15) is 4.98 Å². The summed E-state index contributed by atoms with van der Waals surface area (Å²) in [5, 5.41) is 15.0. The maximum absolute atomic E-state index is 11.9. The van der Waals surface area contributed by atoms with Crippen LogP contribution in [0, 0.1) is 18.8 Å². The summed E-state index contributed by atoms with van der Waals surface area (Å²) >= 11 is 0. The van der Waals surface area contributed by atoms with Crippen molar-refractivity contribution in [2.24, 2.45) is 0 Å². The van der Waals surface area contributed by atoms with Crippen LogP contribution in [0.25, 0.3) is 0 Å². The van der Waals surface area contributed by atoms with E-state index < -0.39 is 0 Å². The fraction of sp³-hybridized carbons (Fsp3) is 0.267. The minimum absolute atomic E-state index is 0.0443. The molecule has 21 heavy (non-hydrogen) atoms. The largest absolute Gasteiger partial charge is 0.395 e. The standard InChI is InChI=1S/C15H15N3O3/c1-11-17-14(21-18-11)10-16-15(20)13-7-5-12(6-8-13)4-2-3-9-19/h5-8,19H,3,9-10H2,1H3,(H,16,20). The molecule has 0 saturated heterocycles. The van der Waals surface area contributed by atoms with Crippen LogP contribution in [0.2, 0.25) is 0 Å². The van der Waals surface area contributed by atoms with Gasteiger partial charge in [-0.15, -0.1) is 0 Å². The number of aromatic nitrogens is 2. The molecule has 0 spiro atoms. The molecular weight excluding hydrogens is 270 g/mol. The van der Waals surface area contributed by atoms with E-state index in [1.807, 2.05) is 0 Å². The van der Waals surface area contributed by atoms with E-state index in [1.165, 1.54) is 0 Å². The number of nitrogens with one attached hydrogen (secondary N) is 1. The Morgan fingerprint density at radius 1 is 1.38 bits per heavy atom. The fourth-order valence-corrected chi connectivity index (χ4v) is 1.60. The summed E-state index contributed by atoms with van der Waals surface area (Å²) < 4.78 is 4.91. The number of aryl methyl sites for hydroxylation is 1. The van der Waals surface area contributed by atoms with Crippen LogP contribution in [-0.2, 0) is 6.54 Å². The molecule has 2 aromatic rings. The average Bonchev–Trinajstić information content (AvgIpc) is 2.91. The molecule has 108 valence electrons. The van der Waals surface area contributed by atoms with Gasteiger partial charge in [0.15, 0.2) is 5.82 Å². The minimum atomic E-state index is -0.222. The Kier molecular flexibility index (Phi) is 5.07. The average molecular weight is 285 g/mol. The molecular formula is C15H15N3O3. The van der Waals surface area contributed by atoms with Crippen molar-refractivity contribution in [3.8, 4) is 11.8 Å². The number of nitrogens with zero attached hydrogens (tertiary/aromatic N) is 2. The molecule has 6 heteroatoms. The molecule has 0 aliphatic heterocycles. The Balaban J connectivity index is 1.92. The van der Waals surface area contributed by atoms with E-state index in [4.69, 9.17) is 9.63 Å². The number of aliphatic hydroxyl groups is 1. The lowest BCUT2D eigenvalue weighted by Gasteiger charge is -2.02. The van der Waals surface area contributed by atoms with Gasteiger partial charge >= 0.3 is 0 Å². The first-order valence-electron chi connectivity index (χ1n) is 6.46. The Morgan fingerprint density at radius 2 is 2.14 bits per heavy atom. The summed E-state index contributed by atoms with van der Waals surface area (Å²) in [5.74, 6) is 6.40. The van der Waals surface area contributed by atoms with E-state index in [-0.39, 0.29) is 19.1 Å². The summed E-state index contributed by atoms with van der Waals surface area (Å²) in [5.41, 5.74) is 1.33. The summed E-state index contributed by atoms with van der Waals surface area (Å²) in [4.78, 5) is 15.9. The number of amides is 1. The summed E-state index contributed by atoms with van der Waals surface area (Å²) in [6.07, 6.45) is 0.436. The highest BCUT2D eigenvalue weighted by Gasteiger charge is 2.07. The van der Waals surface area contributed by atoms with Gasteiger partial charge < -0.3 is 14.9 Å². The normalized spacial score (nSPS) is 9.81. The zero-order valence-electron chi connectivity index (χ0n) is 11.6. The third-order valence-electron chi connectivity index (χ3n) is 2.59. The van der Waals surface area contributed by atoms with Crippen LogP contribution in [0.1, 0.15) is 34.1 Å². The molecule has 0 unspecified atom stereocenters. The van der Waals surface area contributed by atoms with Crippen LogP contribution in [-0.4, -0.2) is 27.8 Å². The molecule has 2 N–H and O–H groups in total. The first kappa shape index (κ1) is 14.8. The monoisotopic (exact) mass is 285 g/mol. The van der Waals surface area contributed by atoms with E-state index >= 15 is 0 Å². The molecule has 0 fully saturated rings. The van der Waals surface area contributed by atoms with Gasteiger partial charge in [0.1, 0.15) is 0 Å². The van der Waals surface area contributed by atoms with E-state index in [0.717, 1.165) is 5.56 Å². The number of aliphatic hydroxyl groups excluding tert-OH is 1. The summed E-state index contributed by atoms with van der Waals surface area (Å²) in [6, 6.07) is 6.90. The maximum Gasteiger partial charge on any atom is 0.251 e. The van der Waals surface area contributed by atoms with Crippen molar-refractivity contribution in [2.75, 3.05) is 6.61 Å². The molecule has 1 heterocycles. The second kappa shape index (κ2) is 7.22. The van der Waals surface area contributed by atoms with Crippen molar-refractivity contribution in [3.05, 3.63) is 47.1 Å². The third kappa shape index (κ3) is 4.44. The first-order valence-corrected chi connectivity index (χ1v) is 6.46. The topological polar surface area (TPSA) is 88.2 Å². The third-order valence-corrected chi connectivity index (χ3v) is 2.59. The molecule has 0 aliphatic carbocycles. The lowest BCUT2D eigenvalue weighted by molar-refractivity contribution is 0.0946. The van der Waals surface area contributed by atoms with Gasteiger partial charge in [0.05, 0.1) is 13.2 Å². The number of carbonyl (C=O) groups excluding carboxylic acids is 1. The van der Waals surface area contributed by atoms with Gasteiger partial charge in [-0.1, -0.05) is 17.0 Å². The molecule has 0 atom stereocenters. The van der Waals surface area contributed by atoms with Crippen LogP contribution in [0.5, 0.6) is 0 Å². The number of hydrogen-bond acceptors (Lipinski definition) is 5. The molecule has 0 saturated carbocycles. The Labute approximate surface area is 122 Å². The highest BCUT2D eigenvalue weighted by Crippen LogP contribution is 2.04. The van der Waals surface area contributed by atoms with Crippen LogP contribution in [0.15, 0.2) is 28.8 Å². The number of hydrogen-bond donors (Lipinski definition) is 2. The minimum Gasteiger partial charge on any atom is -0.395 e. The zero-order valence-corrected chi connectivity index (χ0v) is 11.6.